The fourth-order valence-electron chi connectivity index (χ4n) is 4.31. The Labute approximate surface area is 219 Å². The van der Waals surface area contributed by atoms with Gasteiger partial charge in [-0.2, -0.15) is 0 Å². The van der Waals surface area contributed by atoms with Gasteiger partial charge in [-0.3, -0.25) is 9.59 Å². The largest absolute Gasteiger partial charge is 0.497 e. The van der Waals surface area contributed by atoms with E-state index in [4.69, 9.17) is 9.47 Å². The van der Waals surface area contributed by atoms with Gasteiger partial charge in [0.1, 0.15) is 11.5 Å². The van der Waals surface area contributed by atoms with E-state index in [1.165, 1.54) is 5.56 Å². The molecule has 0 bridgehead atoms. The zero-order valence-corrected chi connectivity index (χ0v) is 21.8. The Morgan fingerprint density at radius 3 is 2.08 bits per heavy atom. The Kier molecular flexibility index (Phi) is 8.67. The third-order valence-corrected chi connectivity index (χ3v) is 6.85. The number of amides is 2. The average Bonchev–Trinajstić information content (AvgIpc) is 2.96. The van der Waals surface area contributed by atoms with Crippen molar-refractivity contribution in [3.63, 3.8) is 0 Å². The Hall–Kier alpha value is -4.00. The maximum atomic E-state index is 12.8. The minimum Gasteiger partial charge on any atom is -0.497 e. The van der Waals surface area contributed by atoms with Crippen LogP contribution in [0.4, 0.5) is 11.4 Å². The number of rotatable bonds is 9. The van der Waals surface area contributed by atoms with Crippen molar-refractivity contribution in [1.82, 2.24) is 4.90 Å². The van der Waals surface area contributed by atoms with Gasteiger partial charge in [-0.05, 0) is 78.6 Å². The van der Waals surface area contributed by atoms with Gasteiger partial charge >= 0.3 is 0 Å². The highest BCUT2D eigenvalue weighted by Gasteiger charge is 2.22. The summed E-state index contributed by atoms with van der Waals surface area (Å²) >= 11 is 0. The van der Waals surface area contributed by atoms with Crippen LogP contribution in [0.5, 0.6) is 11.5 Å². The number of anilines is 2. The van der Waals surface area contributed by atoms with Crippen molar-refractivity contribution in [2.75, 3.05) is 50.1 Å². The van der Waals surface area contributed by atoms with E-state index in [-0.39, 0.29) is 18.4 Å². The molecule has 0 radical (unpaired) electrons. The van der Waals surface area contributed by atoms with E-state index in [1.807, 2.05) is 41.3 Å². The van der Waals surface area contributed by atoms with Crippen LogP contribution in [-0.2, 0) is 4.79 Å². The van der Waals surface area contributed by atoms with E-state index in [2.05, 4.69) is 36.2 Å². The molecule has 2 amide bonds. The lowest BCUT2D eigenvalue weighted by atomic mass is 9.99. The molecule has 1 atom stereocenters. The Bertz CT molecular complexity index is 1170. The van der Waals surface area contributed by atoms with Crippen LogP contribution in [0.25, 0.3) is 0 Å². The second-order valence-corrected chi connectivity index (χ2v) is 9.27. The van der Waals surface area contributed by atoms with E-state index >= 15 is 0 Å². The van der Waals surface area contributed by atoms with Gasteiger partial charge in [-0.25, -0.2) is 0 Å². The molecule has 1 heterocycles. The quantitative estimate of drug-likeness (QED) is 0.437. The van der Waals surface area contributed by atoms with Crippen LogP contribution in [0.2, 0.25) is 0 Å². The summed E-state index contributed by atoms with van der Waals surface area (Å²) in [4.78, 5) is 29.3. The molecule has 7 nitrogen and oxygen atoms in total. The van der Waals surface area contributed by atoms with Crippen LogP contribution in [0.1, 0.15) is 42.1 Å². The Balaban J connectivity index is 1.23. The number of hydrogen-bond acceptors (Lipinski definition) is 5. The molecule has 37 heavy (non-hydrogen) atoms. The minimum absolute atomic E-state index is 0.0362. The van der Waals surface area contributed by atoms with Crippen LogP contribution >= 0.6 is 0 Å². The van der Waals surface area contributed by atoms with Crippen molar-refractivity contribution < 1.29 is 19.1 Å². The van der Waals surface area contributed by atoms with Crippen molar-refractivity contribution >= 4 is 23.2 Å². The molecule has 0 spiro atoms. The molecule has 1 saturated heterocycles. The number of ether oxygens (including phenoxy) is 2. The van der Waals surface area contributed by atoms with Crippen LogP contribution in [-0.4, -0.2) is 56.6 Å². The molecular formula is C30H35N3O4. The lowest BCUT2D eigenvalue weighted by Gasteiger charge is -2.36. The van der Waals surface area contributed by atoms with E-state index in [0.717, 1.165) is 36.6 Å². The monoisotopic (exact) mass is 501 g/mol. The molecule has 0 unspecified atom stereocenters. The molecule has 3 aromatic rings. The molecule has 0 saturated carbocycles. The molecule has 1 fully saturated rings. The second kappa shape index (κ2) is 12.3. The van der Waals surface area contributed by atoms with Crippen LogP contribution in [0.3, 0.4) is 0 Å². The summed E-state index contributed by atoms with van der Waals surface area (Å²) in [6.45, 7) is 7.11. The number of nitrogens with zero attached hydrogens (tertiary/aromatic N) is 2. The maximum Gasteiger partial charge on any atom is 0.262 e. The fourth-order valence-corrected chi connectivity index (χ4v) is 4.31. The lowest BCUT2D eigenvalue weighted by molar-refractivity contribution is -0.118. The minimum atomic E-state index is -0.204. The van der Waals surface area contributed by atoms with E-state index in [1.54, 1.807) is 31.4 Å². The Morgan fingerprint density at radius 2 is 1.49 bits per heavy atom. The molecule has 1 aliphatic rings. The number of carbonyl (C=O) groups excluding carboxylic acids is 2. The van der Waals surface area contributed by atoms with Crippen LogP contribution in [0.15, 0.2) is 72.8 Å². The molecule has 3 aromatic carbocycles. The van der Waals surface area contributed by atoms with Crippen molar-refractivity contribution in [2.24, 2.45) is 0 Å². The zero-order chi connectivity index (χ0) is 26.2. The first-order valence-corrected chi connectivity index (χ1v) is 12.8. The van der Waals surface area contributed by atoms with Crippen molar-refractivity contribution in [2.45, 2.75) is 26.2 Å². The second-order valence-electron chi connectivity index (χ2n) is 9.27. The molecule has 1 N–H and O–H groups in total. The van der Waals surface area contributed by atoms with E-state index < -0.39 is 0 Å². The number of hydrogen-bond donors (Lipinski definition) is 1. The lowest BCUT2D eigenvalue weighted by Crippen LogP contribution is -2.48. The van der Waals surface area contributed by atoms with Gasteiger partial charge in [0.15, 0.2) is 6.61 Å². The fraction of sp³-hybridized carbons (Fsp3) is 0.333. The summed E-state index contributed by atoms with van der Waals surface area (Å²) in [6, 6.07) is 22.9. The highest BCUT2D eigenvalue weighted by atomic mass is 16.5. The normalized spacial score (nSPS) is 14.1. The molecule has 7 heteroatoms. The summed E-state index contributed by atoms with van der Waals surface area (Å²) in [5.74, 6) is 1.76. The number of carbonyl (C=O) groups is 2. The van der Waals surface area contributed by atoms with Gasteiger partial charge < -0.3 is 24.6 Å². The third-order valence-electron chi connectivity index (χ3n) is 6.85. The predicted molar refractivity (Wildman–Crippen MR) is 147 cm³/mol. The first-order valence-electron chi connectivity index (χ1n) is 12.8. The zero-order valence-electron chi connectivity index (χ0n) is 21.8. The average molecular weight is 502 g/mol. The highest BCUT2D eigenvalue weighted by molar-refractivity contribution is 5.94. The van der Waals surface area contributed by atoms with Crippen LogP contribution in [0, 0.1) is 0 Å². The standard InChI is InChI=1S/C30H35N3O4/c1-4-22(2)23-5-15-28(16-6-23)37-21-29(34)31-25-9-11-26(12-10-25)32-17-19-33(20-18-32)30(35)24-7-13-27(36-3)14-8-24/h5-16,22H,4,17-21H2,1-3H3,(H,31,34)/t22-/m1/s1. The summed E-state index contributed by atoms with van der Waals surface area (Å²) < 4.78 is 10.8. The predicted octanol–water partition coefficient (Wildman–Crippen LogP) is 5.19. The molecule has 1 aliphatic heterocycles. The number of methoxy groups -OCH3 is 1. The number of piperazine rings is 1. The van der Waals surface area contributed by atoms with Gasteiger partial charge in [0.05, 0.1) is 7.11 Å². The van der Waals surface area contributed by atoms with Crippen molar-refractivity contribution in [1.29, 1.82) is 0 Å². The third kappa shape index (κ3) is 6.82. The molecule has 4 rings (SSSR count). The Morgan fingerprint density at radius 1 is 0.865 bits per heavy atom. The first kappa shape index (κ1) is 26.1. The van der Waals surface area contributed by atoms with Gasteiger partial charge in [0.2, 0.25) is 0 Å². The summed E-state index contributed by atoms with van der Waals surface area (Å²) in [7, 11) is 1.61. The SMILES string of the molecule is CC[C@@H](C)c1ccc(OCC(=O)Nc2ccc(N3CCN(C(=O)c4ccc(OC)cc4)CC3)cc2)cc1. The van der Waals surface area contributed by atoms with E-state index in [9.17, 15) is 9.59 Å². The maximum absolute atomic E-state index is 12.8. The highest BCUT2D eigenvalue weighted by Crippen LogP contribution is 2.23. The number of nitrogens with one attached hydrogen (secondary N) is 1. The van der Waals surface area contributed by atoms with Crippen molar-refractivity contribution in [3.8, 4) is 11.5 Å². The molecule has 194 valence electrons. The summed E-state index contributed by atoms with van der Waals surface area (Å²) in [6.07, 6.45) is 1.09. The smallest absolute Gasteiger partial charge is 0.262 e. The van der Waals surface area contributed by atoms with E-state index in [0.29, 0.717) is 30.3 Å². The first-order chi connectivity index (χ1) is 18.0. The van der Waals surface area contributed by atoms with Gasteiger partial charge in [0.25, 0.3) is 11.8 Å². The topological polar surface area (TPSA) is 71.1 Å². The summed E-state index contributed by atoms with van der Waals surface area (Å²) in [5.41, 5.74) is 3.72. The van der Waals surface area contributed by atoms with Gasteiger partial charge in [-0.15, -0.1) is 0 Å². The van der Waals surface area contributed by atoms with Gasteiger partial charge in [-0.1, -0.05) is 26.0 Å². The number of benzene rings is 3. The van der Waals surface area contributed by atoms with Gasteiger partial charge in [0, 0.05) is 43.1 Å². The molecule has 0 aromatic heterocycles. The molecular weight excluding hydrogens is 466 g/mol. The van der Waals surface area contributed by atoms with Crippen LogP contribution < -0.4 is 19.7 Å². The van der Waals surface area contributed by atoms with Crippen molar-refractivity contribution in [3.05, 3.63) is 83.9 Å². The summed E-state index contributed by atoms with van der Waals surface area (Å²) in [5, 5.41) is 2.89. The molecule has 0 aliphatic carbocycles.